The second-order valence-corrected chi connectivity index (χ2v) is 7.29. The lowest BCUT2D eigenvalue weighted by atomic mass is 10.0. The molecule has 20 heavy (non-hydrogen) atoms. The molecule has 0 aromatic heterocycles. The van der Waals surface area contributed by atoms with Crippen LogP contribution in [0.4, 0.5) is 4.39 Å². The zero-order valence-electron chi connectivity index (χ0n) is 13.5. The SMILES string of the molecule is CCCCC(NC1C(C)(C)C1(C)C)c1ccc(F)cc1. The second kappa shape index (κ2) is 5.48. The Morgan fingerprint density at radius 2 is 1.65 bits per heavy atom. The Balaban J connectivity index is 2.11. The summed E-state index contributed by atoms with van der Waals surface area (Å²) in [7, 11) is 0. The Morgan fingerprint density at radius 3 is 2.10 bits per heavy atom. The largest absolute Gasteiger partial charge is 0.306 e. The van der Waals surface area contributed by atoms with Gasteiger partial charge in [0, 0.05) is 12.1 Å². The van der Waals surface area contributed by atoms with Crippen LogP contribution in [0, 0.1) is 16.6 Å². The van der Waals surface area contributed by atoms with Gasteiger partial charge in [0.25, 0.3) is 0 Å². The molecule has 112 valence electrons. The third-order valence-electron chi connectivity index (χ3n) is 5.51. The van der Waals surface area contributed by atoms with E-state index in [-0.39, 0.29) is 5.82 Å². The van der Waals surface area contributed by atoms with Gasteiger partial charge in [-0.1, -0.05) is 59.6 Å². The van der Waals surface area contributed by atoms with Gasteiger partial charge in [-0.2, -0.15) is 0 Å². The van der Waals surface area contributed by atoms with Crippen molar-refractivity contribution < 1.29 is 4.39 Å². The van der Waals surface area contributed by atoms with Crippen LogP contribution in [0.2, 0.25) is 0 Å². The summed E-state index contributed by atoms with van der Waals surface area (Å²) in [6.45, 7) is 11.5. The molecule has 2 rings (SSSR count). The fraction of sp³-hybridized carbons (Fsp3) is 0.667. The monoisotopic (exact) mass is 277 g/mol. The Bertz CT molecular complexity index is 433. The van der Waals surface area contributed by atoms with Crippen LogP contribution >= 0.6 is 0 Å². The van der Waals surface area contributed by atoms with E-state index >= 15 is 0 Å². The van der Waals surface area contributed by atoms with Gasteiger partial charge < -0.3 is 5.32 Å². The van der Waals surface area contributed by atoms with E-state index in [1.165, 1.54) is 18.4 Å². The van der Waals surface area contributed by atoms with Gasteiger partial charge in [0.1, 0.15) is 5.82 Å². The van der Waals surface area contributed by atoms with Crippen molar-refractivity contribution >= 4 is 0 Å². The Morgan fingerprint density at radius 1 is 1.10 bits per heavy atom. The van der Waals surface area contributed by atoms with Crippen molar-refractivity contribution in [2.24, 2.45) is 10.8 Å². The standard InChI is InChI=1S/C18H28FN/c1-6-7-8-15(13-9-11-14(19)12-10-13)20-16-17(2,3)18(16,4)5/h9-12,15-16,20H,6-8H2,1-5H3. The molecule has 0 saturated heterocycles. The van der Waals surface area contributed by atoms with Crippen LogP contribution in [-0.4, -0.2) is 6.04 Å². The van der Waals surface area contributed by atoms with Gasteiger partial charge in [0.05, 0.1) is 0 Å². The third-order valence-corrected chi connectivity index (χ3v) is 5.51. The van der Waals surface area contributed by atoms with Crippen molar-refractivity contribution in [2.75, 3.05) is 0 Å². The van der Waals surface area contributed by atoms with Crippen molar-refractivity contribution in [1.82, 2.24) is 5.32 Å². The molecule has 1 atom stereocenters. The molecular weight excluding hydrogens is 249 g/mol. The molecule has 1 saturated carbocycles. The average molecular weight is 277 g/mol. The van der Waals surface area contributed by atoms with E-state index in [0.717, 1.165) is 6.42 Å². The highest BCUT2D eigenvalue weighted by molar-refractivity contribution is 5.24. The van der Waals surface area contributed by atoms with E-state index in [2.05, 4.69) is 39.9 Å². The first-order valence-electron chi connectivity index (χ1n) is 7.82. The number of halogens is 1. The molecule has 1 N–H and O–H groups in total. The highest BCUT2D eigenvalue weighted by Gasteiger charge is 2.64. The minimum absolute atomic E-state index is 0.157. The molecule has 1 aromatic rings. The van der Waals surface area contributed by atoms with Crippen molar-refractivity contribution in [1.29, 1.82) is 0 Å². The van der Waals surface area contributed by atoms with Crippen LogP contribution in [0.5, 0.6) is 0 Å². The first-order valence-corrected chi connectivity index (χ1v) is 7.82. The Kier molecular flexibility index (Phi) is 4.24. The fourth-order valence-corrected chi connectivity index (χ4v) is 3.26. The molecule has 2 heteroatoms. The lowest BCUT2D eigenvalue weighted by Crippen LogP contribution is -2.27. The molecule has 0 spiro atoms. The van der Waals surface area contributed by atoms with Gasteiger partial charge in [-0.15, -0.1) is 0 Å². The third kappa shape index (κ3) is 2.76. The number of benzene rings is 1. The first kappa shape index (κ1) is 15.5. The molecule has 1 nitrogen and oxygen atoms in total. The van der Waals surface area contributed by atoms with E-state index in [4.69, 9.17) is 0 Å². The number of rotatable bonds is 6. The molecule has 0 bridgehead atoms. The zero-order valence-corrected chi connectivity index (χ0v) is 13.5. The molecule has 0 amide bonds. The van der Waals surface area contributed by atoms with Crippen molar-refractivity contribution in [3.63, 3.8) is 0 Å². The lowest BCUT2D eigenvalue weighted by Gasteiger charge is -2.21. The lowest BCUT2D eigenvalue weighted by molar-refractivity contribution is 0.436. The summed E-state index contributed by atoms with van der Waals surface area (Å²) in [5.74, 6) is -0.157. The smallest absolute Gasteiger partial charge is 0.123 e. The quantitative estimate of drug-likeness (QED) is 0.764. The topological polar surface area (TPSA) is 12.0 Å². The molecule has 1 fully saturated rings. The van der Waals surface area contributed by atoms with Crippen LogP contribution in [-0.2, 0) is 0 Å². The van der Waals surface area contributed by atoms with Gasteiger partial charge in [-0.05, 0) is 34.9 Å². The maximum Gasteiger partial charge on any atom is 0.123 e. The minimum Gasteiger partial charge on any atom is -0.306 e. The number of nitrogens with one attached hydrogen (secondary N) is 1. The Labute approximate surface area is 123 Å². The van der Waals surface area contributed by atoms with E-state index in [1.54, 1.807) is 12.1 Å². The van der Waals surface area contributed by atoms with Gasteiger partial charge in [0.2, 0.25) is 0 Å². The molecular formula is C18H28FN. The molecule has 1 unspecified atom stereocenters. The van der Waals surface area contributed by atoms with E-state index in [1.807, 2.05) is 12.1 Å². The Hall–Kier alpha value is -0.890. The zero-order chi connectivity index (χ0) is 15.0. The summed E-state index contributed by atoms with van der Waals surface area (Å²) in [6, 6.07) is 7.84. The molecule has 0 aliphatic heterocycles. The van der Waals surface area contributed by atoms with Gasteiger partial charge in [-0.25, -0.2) is 4.39 Å². The summed E-state index contributed by atoms with van der Waals surface area (Å²) in [5, 5.41) is 3.82. The van der Waals surface area contributed by atoms with Crippen LogP contribution in [0.1, 0.15) is 65.5 Å². The molecule has 0 heterocycles. The van der Waals surface area contributed by atoms with Crippen molar-refractivity contribution in [3.8, 4) is 0 Å². The van der Waals surface area contributed by atoms with Gasteiger partial charge in [0.15, 0.2) is 0 Å². The average Bonchev–Trinajstić information content (AvgIpc) is 2.77. The van der Waals surface area contributed by atoms with Crippen molar-refractivity contribution in [2.45, 2.75) is 66.0 Å². The number of unbranched alkanes of at least 4 members (excludes halogenated alkanes) is 1. The van der Waals surface area contributed by atoms with Crippen LogP contribution < -0.4 is 5.32 Å². The molecule has 0 radical (unpaired) electrons. The fourth-order valence-electron chi connectivity index (χ4n) is 3.26. The minimum atomic E-state index is -0.157. The van der Waals surface area contributed by atoms with Crippen molar-refractivity contribution in [3.05, 3.63) is 35.6 Å². The van der Waals surface area contributed by atoms with E-state index in [9.17, 15) is 4.39 Å². The van der Waals surface area contributed by atoms with E-state index < -0.39 is 0 Å². The highest BCUT2D eigenvalue weighted by atomic mass is 19.1. The van der Waals surface area contributed by atoms with Gasteiger partial charge >= 0.3 is 0 Å². The second-order valence-electron chi connectivity index (χ2n) is 7.29. The number of hydrogen-bond donors (Lipinski definition) is 1. The van der Waals surface area contributed by atoms with Gasteiger partial charge in [-0.3, -0.25) is 0 Å². The number of hydrogen-bond acceptors (Lipinski definition) is 1. The normalized spacial score (nSPS) is 21.7. The predicted octanol–water partition coefficient (Wildman–Crippen LogP) is 5.08. The van der Waals surface area contributed by atoms with Crippen LogP contribution in [0.15, 0.2) is 24.3 Å². The predicted molar refractivity (Wildman–Crippen MR) is 83.2 cm³/mol. The van der Waals surface area contributed by atoms with E-state index in [0.29, 0.717) is 22.9 Å². The molecule has 1 aromatic carbocycles. The summed E-state index contributed by atoms with van der Waals surface area (Å²) in [5.41, 5.74) is 1.87. The maximum absolute atomic E-state index is 13.1. The summed E-state index contributed by atoms with van der Waals surface area (Å²) >= 11 is 0. The van der Waals surface area contributed by atoms with Crippen LogP contribution in [0.25, 0.3) is 0 Å². The summed E-state index contributed by atoms with van der Waals surface area (Å²) < 4.78 is 13.1. The molecule has 1 aliphatic rings. The summed E-state index contributed by atoms with van der Waals surface area (Å²) in [6.07, 6.45) is 3.50. The summed E-state index contributed by atoms with van der Waals surface area (Å²) in [4.78, 5) is 0. The highest BCUT2D eigenvalue weighted by Crippen LogP contribution is 2.63. The first-order chi connectivity index (χ1) is 9.30. The molecule has 1 aliphatic carbocycles. The maximum atomic E-state index is 13.1. The van der Waals surface area contributed by atoms with Crippen LogP contribution in [0.3, 0.4) is 0 Å².